The maximum absolute atomic E-state index is 7.79. The zero-order chi connectivity index (χ0) is 10.1. The van der Waals surface area contributed by atoms with E-state index in [1.165, 1.54) is 5.01 Å². The van der Waals surface area contributed by atoms with Gasteiger partial charge >= 0.3 is 0 Å². The smallest absolute Gasteiger partial charge is 0.118 e. The average Bonchev–Trinajstić information content (AvgIpc) is 3.00. The number of nitrogens with zero attached hydrogens (tertiary/aromatic N) is 1. The summed E-state index contributed by atoms with van der Waals surface area (Å²) >= 11 is 5.97. The topological polar surface area (TPSA) is 53.1 Å². The number of para-hydroxylation sites is 1. The Labute approximate surface area is 87.9 Å². The highest BCUT2D eigenvalue weighted by molar-refractivity contribution is 6.33. The fourth-order valence-electron chi connectivity index (χ4n) is 1.33. The van der Waals surface area contributed by atoms with Gasteiger partial charge in [0.2, 0.25) is 0 Å². The van der Waals surface area contributed by atoms with Crippen molar-refractivity contribution in [3.63, 3.8) is 0 Å². The van der Waals surface area contributed by atoms with Crippen LogP contribution in [0.5, 0.6) is 0 Å². The molecule has 1 aromatic rings. The van der Waals surface area contributed by atoms with Gasteiger partial charge in [0, 0.05) is 5.92 Å². The van der Waals surface area contributed by atoms with Crippen LogP contribution in [0.1, 0.15) is 12.8 Å². The number of nitrogens with one attached hydrogen (secondary N) is 1. The highest BCUT2D eigenvalue weighted by Gasteiger charge is 2.30. The van der Waals surface area contributed by atoms with E-state index in [4.69, 9.17) is 22.9 Å². The van der Waals surface area contributed by atoms with Crippen molar-refractivity contribution in [2.24, 2.45) is 11.8 Å². The second kappa shape index (κ2) is 3.59. The summed E-state index contributed by atoms with van der Waals surface area (Å²) in [7, 11) is 0. The van der Waals surface area contributed by atoms with Gasteiger partial charge in [-0.1, -0.05) is 23.7 Å². The van der Waals surface area contributed by atoms with Crippen LogP contribution in [0.25, 0.3) is 0 Å². The molecule has 0 aliphatic heterocycles. The largest absolute Gasteiger partial charge is 0.287 e. The summed E-state index contributed by atoms with van der Waals surface area (Å²) in [4.78, 5) is 0. The van der Waals surface area contributed by atoms with Crippen molar-refractivity contribution in [1.82, 2.24) is 0 Å². The summed E-state index contributed by atoms with van der Waals surface area (Å²) in [5.41, 5.74) is 0.700. The van der Waals surface area contributed by atoms with Gasteiger partial charge in [0.15, 0.2) is 0 Å². The Balaban J connectivity index is 2.21. The molecule has 0 heterocycles. The first kappa shape index (κ1) is 9.49. The molecule has 0 spiro atoms. The molecule has 0 bridgehead atoms. The normalized spacial score (nSPS) is 15.3. The summed E-state index contributed by atoms with van der Waals surface area (Å²) in [5, 5.41) is 9.75. The predicted molar refractivity (Wildman–Crippen MR) is 58.6 cm³/mol. The molecule has 14 heavy (non-hydrogen) atoms. The second-order valence-corrected chi connectivity index (χ2v) is 3.89. The molecule has 4 heteroatoms. The van der Waals surface area contributed by atoms with Crippen LogP contribution in [-0.2, 0) is 0 Å². The van der Waals surface area contributed by atoms with Crippen molar-refractivity contribution < 1.29 is 0 Å². The fourth-order valence-corrected chi connectivity index (χ4v) is 1.56. The fraction of sp³-hybridized carbons (Fsp3) is 0.300. The number of anilines is 1. The molecule has 0 unspecified atom stereocenters. The molecule has 0 amide bonds. The Morgan fingerprint density at radius 1 is 1.43 bits per heavy atom. The van der Waals surface area contributed by atoms with Gasteiger partial charge in [-0.25, -0.2) is 5.84 Å². The molecular formula is C10H12ClN3. The van der Waals surface area contributed by atoms with Crippen molar-refractivity contribution in [1.29, 1.82) is 5.41 Å². The standard InChI is InChI=1S/C10H12ClN3/c11-8-3-1-2-4-9(8)14(13)10(12)7-5-6-7/h1-4,7,12H,5-6,13H2. The van der Waals surface area contributed by atoms with Crippen LogP contribution in [0.15, 0.2) is 24.3 Å². The highest BCUT2D eigenvalue weighted by Crippen LogP contribution is 2.33. The van der Waals surface area contributed by atoms with E-state index in [0.29, 0.717) is 22.5 Å². The first-order valence-electron chi connectivity index (χ1n) is 4.58. The predicted octanol–water partition coefficient (Wildman–Crippen LogP) is 2.41. The molecule has 1 aliphatic carbocycles. The van der Waals surface area contributed by atoms with Gasteiger partial charge in [0.05, 0.1) is 10.7 Å². The number of hydrazine groups is 1. The molecular weight excluding hydrogens is 198 g/mol. The van der Waals surface area contributed by atoms with Crippen molar-refractivity contribution in [2.45, 2.75) is 12.8 Å². The van der Waals surface area contributed by atoms with Crippen LogP contribution >= 0.6 is 11.6 Å². The summed E-state index contributed by atoms with van der Waals surface area (Å²) < 4.78 is 0. The van der Waals surface area contributed by atoms with E-state index in [2.05, 4.69) is 0 Å². The molecule has 2 rings (SSSR count). The molecule has 1 fully saturated rings. The number of nitrogens with two attached hydrogens (primary N) is 1. The Hall–Kier alpha value is -1.06. The molecule has 0 aromatic heterocycles. The van der Waals surface area contributed by atoms with E-state index < -0.39 is 0 Å². The monoisotopic (exact) mass is 209 g/mol. The minimum absolute atomic E-state index is 0.330. The first-order chi connectivity index (χ1) is 6.70. The Morgan fingerprint density at radius 2 is 2.07 bits per heavy atom. The van der Waals surface area contributed by atoms with Crippen molar-refractivity contribution in [2.75, 3.05) is 5.01 Å². The molecule has 74 valence electrons. The first-order valence-corrected chi connectivity index (χ1v) is 4.95. The zero-order valence-electron chi connectivity index (χ0n) is 7.70. The second-order valence-electron chi connectivity index (χ2n) is 3.48. The maximum Gasteiger partial charge on any atom is 0.118 e. The lowest BCUT2D eigenvalue weighted by Crippen LogP contribution is -2.38. The Morgan fingerprint density at radius 3 is 2.64 bits per heavy atom. The third kappa shape index (κ3) is 1.74. The third-order valence-electron chi connectivity index (χ3n) is 2.34. The number of benzene rings is 1. The molecule has 0 radical (unpaired) electrons. The van der Waals surface area contributed by atoms with Gasteiger partial charge < -0.3 is 0 Å². The Kier molecular flexibility index (Phi) is 2.44. The SMILES string of the molecule is N=C(C1CC1)N(N)c1ccccc1Cl. The van der Waals surface area contributed by atoms with Gasteiger partial charge in [-0.2, -0.15) is 0 Å². The number of halogens is 1. The summed E-state index contributed by atoms with van der Waals surface area (Å²) in [6, 6.07) is 7.30. The number of rotatable bonds is 2. The van der Waals surface area contributed by atoms with E-state index in [0.717, 1.165) is 12.8 Å². The lowest BCUT2D eigenvalue weighted by atomic mass is 10.3. The van der Waals surface area contributed by atoms with Crippen LogP contribution in [0, 0.1) is 11.3 Å². The van der Waals surface area contributed by atoms with Crippen LogP contribution in [0.3, 0.4) is 0 Å². The molecule has 1 aliphatic rings. The average molecular weight is 210 g/mol. The van der Waals surface area contributed by atoms with E-state index in [1.807, 2.05) is 18.2 Å². The number of amidine groups is 1. The molecule has 3 nitrogen and oxygen atoms in total. The lowest BCUT2D eigenvalue weighted by molar-refractivity contribution is 1.01. The van der Waals surface area contributed by atoms with Crippen molar-refractivity contribution in [3.05, 3.63) is 29.3 Å². The van der Waals surface area contributed by atoms with Crippen LogP contribution in [0.2, 0.25) is 5.02 Å². The van der Waals surface area contributed by atoms with E-state index in [9.17, 15) is 0 Å². The molecule has 0 atom stereocenters. The van der Waals surface area contributed by atoms with Gasteiger partial charge in [-0.15, -0.1) is 0 Å². The molecule has 3 N–H and O–H groups in total. The van der Waals surface area contributed by atoms with Crippen LogP contribution in [0.4, 0.5) is 5.69 Å². The lowest BCUT2D eigenvalue weighted by Gasteiger charge is -2.20. The van der Waals surface area contributed by atoms with E-state index in [1.54, 1.807) is 6.07 Å². The third-order valence-corrected chi connectivity index (χ3v) is 2.66. The highest BCUT2D eigenvalue weighted by atomic mass is 35.5. The minimum Gasteiger partial charge on any atom is -0.287 e. The van der Waals surface area contributed by atoms with Crippen molar-refractivity contribution >= 4 is 23.1 Å². The maximum atomic E-state index is 7.79. The molecule has 0 saturated heterocycles. The van der Waals surface area contributed by atoms with E-state index >= 15 is 0 Å². The summed E-state index contributed by atoms with van der Waals surface area (Å²) in [6.07, 6.45) is 2.13. The van der Waals surface area contributed by atoms with Crippen LogP contribution < -0.4 is 10.9 Å². The van der Waals surface area contributed by atoms with Crippen molar-refractivity contribution in [3.8, 4) is 0 Å². The Bertz CT molecular complexity index is 360. The van der Waals surface area contributed by atoms with Gasteiger partial charge in [0.25, 0.3) is 0 Å². The van der Waals surface area contributed by atoms with Crippen LogP contribution in [-0.4, -0.2) is 5.84 Å². The number of hydrogen-bond donors (Lipinski definition) is 2. The van der Waals surface area contributed by atoms with E-state index in [-0.39, 0.29) is 0 Å². The van der Waals surface area contributed by atoms with Gasteiger partial charge in [-0.05, 0) is 25.0 Å². The number of hydrogen-bond acceptors (Lipinski definition) is 2. The zero-order valence-corrected chi connectivity index (χ0v) is 8.46. The van der Waals surface area contributed by atoms with Gasteiger partial charge in [0.1, 0.15) is 5.84 Å². The quantitative estimate of drug-likeness (QED) is 0.340. The van der Waals surface area contributed by atoms with Gasteiger partial charge in [-0.3, -0.25) is 10.4 Å². The molecule has 1 saturated carbocycles. The summed E-state index contributed by atoms with van der Waals surface area (Å²) in [6.45, 7) is 0. The molecule has 1 aromatic carbocycles. The minimum atomic E-state index is 0.330. The summed E-state index contributed by atoms with van der Waals surface area (Å²) in [5.74, 6) is 6.59.